The molecule has 0 aromatic heterocycles. The van der Waals surface area contributed by atoms with E-state index in [2.05, 4.69) is 0 Å². The fraction of sp³-hybridized carbons (Fsp3) is 1.00. The molecule has 4 unspecified atom stereocenters. The summed E-state index contributed by atoms with van der Waals surface area (Å²) in [7, 11) is -3.17. The Morgan fingerprint density at radius 1 is 1.16 bits per heavy atom. The number of hydrogen-bond donors (Lipinski definition) is 1. The summed E-state index contributed by atoms with van der Waals surface area (Å²) in [4.78, 5) is 0. The molecule has 4 atom stereocenters. The second-order valence-corrected chi connectivity index (χ2v) is 8.26. The lowest BCUT2D eigenvalue weighted by molar-refractivity contribution is 0.0299. The molecule has 2 heterocycles. The van der Waals surface area contributed by atoms with E-state index in [1.807, 2.05) is 0 Å². The van der Waals surface area contributed by atoms with E-state index < -0.39 is 10.0 Å². The molecular formula is C13H24N2O3S. The van der Waals surface area contributed by atoms with Gasteiger partial charge in [0, 0.05) is 25.7 Å². The SMILES string of the molecule is NC1CCC2CN(S(=O)(=O)CC3CCCCO3)CC12. The van der Waals surface area contributed by atoms with Gasteiger partial charge in [-0.25, -0.2) is 12.7 Å². The summed E-state index contributed by atoms with van der Waals surface area (Å²) in [5, 5.41) is 0. The largest absolute Gasteiger partial charge is 0.377 e. The average Bonchev–Trinajstić information content (AvgIpc) is 2.93. The van der Waals surface area contributed by atoms with Gasteiger partial charge in [0.15, 0.2) is 0 Å². The molecule has 0 bridgehead atoms. The van der Waals surface area contributed by atoms with Crippen LogP contribution in [0.15, 0.2) is 0 Å². The summed E-state index contributed by atoms with van der Waals surface area (Å²) >= 11 is 0. The molecule has 3 aliphatic rings. The molecule has 5 nitrogen and oxygen atoms in total. The van der Waals surface area contributed by atoms with Crippen molar-refractivity contribution in [2.24, 2.45) is 17.6 Å². The zero-order valence-corrected chi connectivity index (χ0v) is 12.1. The van der Waals surface area contributed by atoms with Crippen molar-refractivity contribution in [1.82, 2.24) is 4.31 Å². The van der Waals surface area contributed by atoms with Crippen LogP contribution in [-0.2, 0) is 14.8 Å². The summed E-state index contributed by atoms with van der Waals surface area (Å²) < 4.78 is 32.1. The number of sulfonamides is 1. The van der Waals surface area contributed by atoms with Crippen molar-refractivity contribution >= 4 is 10.0 Å². The van der Waals surface area contributed by atoms with Gasteiger partial charge in [0.25, 0.3) is 0 Å². The molecule has 0 amide bonds. The maximum Gasteiger partial charge on any atom is 0.216 e. The van der Waals surface area contributed by atoms with Crippen molar-refractivity contribution in [3.05, 3.63) is 0 Å². The van der Waals surface area contributed by atoms with Crippen molar-refractivity contribution in [2.75, 3.05) is 25.4 Å². The highest BCUT2D eigenvalue weighted by molar-refractivity contribution is 7.89. The number of nitrogens with zero attached hydrogens (tertiary/aromatic N) is 1. The van der Waals surface area contributed by atoms with Gasteiger partial charge in [-0.05, 0) is 43.9 Å². The summed E-state index contributed by atoms with van der Waals surface area (Å²) in [5.41, 5.74) is 6.06. The Kier molecular flexibility index (Phi) is 3.86. The van der Waals surface area contributed by atoms with Crippen LogP contribution in [0.1, 0.15) is 32.1 Å². The predicted molar refractivity (Wildman–Crippen MR) is 73.1 cm³/mol. The minimum atomic E-state index is -3.17. The topological polar surface area (TPSA) is 72.6 Å². The van der Waals surface area contributed by atoms with E-state index in [1.165, 1.54) is 0 Å². The van der Waals surface area contributed by atoms with Crippen molar-refractivity contribution < 1.29 is 13.2 Å². The third kappa shape index (κ3) is 2.82. The first-order valence-corrected chi connectivity index (χ1v) is 9.02. The van der Waals surface area contributed by atoms with Gasteiger partial charge in [-0.1, -0.05) is 0 Å². The fourth-order valence-corrected chi connectivity index (χ4v) is 5.53. The maximum atomic E-state index is 12.4. The molecule has 1 aliphatic carbocycles. The smallest absolute Gasteiger partial charge is 0.216 e. The molecule has 3 fully saturated rings. The Morgan fingerprint density at radius 3 is 2.68 bits per heavy atom. The molecular weight excluding hydrogens is 264 g/mol. The Bertz CT molecular complexity index is 420. The number of nitrogens with two attached hydrogens (primary N) is 1. The standard InChI is InChI=1S/C13H24N2O3S/c14-13-5-4-10-7-15(8-12(10)13)19(16,17)9-11-3-1-2-6-18-11/h10-13H,1-9,14H2. The Hall–Kier alpha value is -0.170. The molecule has 2 aliphatic heterocycles. The van der Waals surface area contributed by atoms with E-state index in [1.54, 1.807) is 4.31 Å². The molecule has 2 N–H and O–H groups in total. The summed E-state index contributed by atoms with van der Waals surface area (Å²) in [6.07, 6.45) is 5.04. The van der Waals surface area contributed by atoms with E-state index in [4.69, 9.17) is 10.5 Å². The monoisotopic (exact) mass is 288 g/mol. The average molecular weight is 288 g/mol. The van der Waals surface area contributed by atoms with Crippen molar-refractivity contribution in [3.8, 4) is 0 Å². The minimum Gasteiger partial charge on any atom is -0.377 e. The van der Waals surface area contributed by atoms with Crippen LogP contribution in [0.4, 0.5) is 0 Å². The zero-order valence-electron chi connectivity index (χ0n) is 11.3. The van der Waals surface area contributed by atoms with Crippen LogP contribution in [0.2, 0.25) is 0 Å². The van der Waals surface area contributed by atoms with Crippen LogP contribution < -0.4 is 5.73 Å². The highest BCUT2D eigenvalue weighted by Gasteiger charge is 2.45. The van der Waals surface area contributed by atoms with E-state index in [9.17, 15) is 8.42 Å². The molecule has 6 heteroatoms. The molecule has 1 saturated carbocycles. The van der Waals surface area contributed by atoms with Crippen LogP contribution >= 0.6 is 0 Å². The maximum absolute atomic E-state index is 12.4. The van der Waals surface area contributed by atoms with Crippen LogP contribution in [0.5, 0.6) is 0 Å². The minimum absolute atomic E-state index is 0.104. The summed E-state index contributed by atoms with van der Waals surface area (Å²) in [6, 6.07) is 0.191. The molecule has 0 radical (unpaired) electrons. The Labute approximate surface area is 115 Å². The van der Waals surface area contributed by atoms with Gasteiger partial charge >= 0.3 is 0 Å². The highest BCUT2D eigenvalue weighted by Crippen LogP contribution is 2.38. The number of ether oxygens (including phenoxy) is 1. The molecule has 110 valence electrons. The van der Waals surface area contributed by atoms with E-state index in [0.717, 1.165) is 32.1 Å². The first kappa shape index (κ1) is 13.8. The van der Waals surface area contributed by atoms with Gasteiger partial charge in [0.05, 0.1) is 11.9 Å². The highest BCUT2D eigenvalue weighted by atomic mass is 32.2. The van der Waals surface area contributed by atoms with Crippen molar-refractivity contribution in [2.45, 2.75) is 44.2 Å². The van der Waals surface area contributed by atoms with Gasteiger partial charge in [0.2, 0.25) is 10.0 Å². The quantitative estimate of drug-likeness (QED) is 0.823. The molecule has 19 heavy (non-hydrogen) atoms. The van der Waals surface area contributed by atoms with Crippen LogP contribution in [-0.4, -0.2) is 50.3 Å². The van der Waals surface area contributed by atoms with Crippen LogP contribution in [0.25, 0.3) is 0 Å². The van der Waals surface area contributed by atoms with E-state index >= 15 is 0 Å². The first-order chi connectivity index (χ1) is 9.06. The van der Waals surface area contributed by atoms with Gasteiger partial charge in [-0.3, -0.25) is 0 Å². The predicted octanol–water partition coefficient (Wildman–Crippen LogP) is 0.554. The van der Waals surface area contributed by atoms with Gasteiger partial charge in [-0.15, -0.1) is 0 Å². The van der Waals surface area contributed by atoms with E-state index in [-0.39, 0.29) is 17.9 Å². The zero-order chi connectivity index (χ0) is 13.5. The lowest BCUT2D eigenvalue weighted by Crippen LogP contribution is -2.39. The lowest BCUT2D eigenvalue weighted by Gasteiger charge is -2.25. The summed E-state index contributed by atoms with van der Waals surface area (Å²) in [6.45, 7) is 2.00. The first-order valence-electron chi connectivity index (χ1n) is 7.41. The Morgan fingerprint density at radius 2 is 2.00 bits per heavy atom. The second kappa shape index (κ2) is 5.31. The number of hydrogen-bond acceptors (Lipinski definition) is 4. The molecule has 0 aromatic rings. The Balaban J connectivity index is 1.61. The fourth-order valence-electron chi connectivity index (χ4n) is 3.77. The third-order valence-corrected chi connectivity index (χ3v) is 6.82. The van der Waals surface area contributed by atoms with Crippen LogP contribution in [0, 0.1) is 11.8 Å². The normalized spacial score (nSPS) is 40.5. The van der Waals surface area contributed by atoms with Crippen molar-refractivity contribution in [1.29, 1.82) is 0 Å². The molecule has 3 rings (SSSR count). The number of rotatable bonds is 3. The second-order valence-electron chi connectivity index (χ2n) is 6.25. The molecule has 0 aromatic carbocycles. The molecule has 2 saturated heterocycles. The summed E-state index contributed by atoms with van der Waals surface area (Å²) in [5.74, 6) is 1.01. The van der Waals surface area contributed by atoms with Gasteiger partial charge in [-0.2, -0.15) is 0 Å². The van der Waals surface area contributed by atoms with E-state index in [0.29, 0.717) is 31.5 Å². The van der Waals surface area contributed by atoms with Gasteiger partial charge < -0.3 is 10.5 Å². The third-order valence-electron chi connectivity index (χ3n) is 4.94. The number of fused-ring (bicyclic) bond motifs is 1. The lowest BCUT2D eigenvalue weighted by atomic mass is 9.98. The molecule has 0 spiro atoms. The van der Waals surface area contributed by atoms with Gasteiger partial charge in [0.1, 0.15) is 0 Å². The van der Waals surface area contributed by atoms with Crippen molar-refractivity contribution in [3.63, 3.8) is 0 Å². The van der Waals surface area contributed by atoms with Crippen LogP contribution in [0.3, 0.4) is 0 Å².